The van der Waals surface area contributed by atoms with Crippen molar-refractivity contribution >= 4 is 5.91 Å². The van der Waals surface area contributed by atoms with E-state index in [9.17, 15) is 4.79 Å². The average Bonchev–Trinajstić information content (AvgIpc) is 3.00. The van der Waals surface area contributed by atoms with Gasteiger partial charge in [0.2, 0.25) is 5.91 Å². The fourth-order valence-corrected chi connectivity index (χ4v) is 4.46. The van der Waals surface area contributed by atoms with Gasteiger partial charge >= 0.3 is 0 Å². The zero-order valence-electron chi connectivity index (χ0n) is 16.8. The molecule has 1 aromatic heterocycles. The maximum atomic E-state index is 12.8. The summed E-state index contributed by atoms with van der Waals surface area (Å²) in [4.78, 5) is 14.9. The number of hydrogen-bond donors (Lipinski definition) is 0. The van der Waals surface area contributed by atoms with Gasteiger partial charge in [0.1, 0.15) is 17.4 Å². The van der Waals surface area contributed by atoms with Crippen molar-refractivity contribution in [3.05, 3.63) is 41.5 Å². The van der Waals surface area contributed by atoms with Crippen molar-refractivity contribution in [1.29, 1.82) is 0 Å². The molecule has 1 amide bonds. The van der Waals surface area contributed by atoms with Crippen LogP contribution < -0.4 is 4.74 Å². The van der Waals surface area contributed by atoms with E-state index >= 15 is 0 Å². The third-order valence-corrected chi connectivity index (χ3v) is 6.04. The second-order valence-electron chi connectivity index (χ2n) is 7.97. The van der Waals surface area contributed by atoms with Crippen molar-refractivity contribution in [3.63, 3.8) is 0 Å². The van der Waals surface area contributed by atoms with E-state index in [0.717, 1.165) is 68.3 Å². The molecule has 0 radical (unpaired) electrons. The largest absolute Gasteiger partial charge is 0.497 e. The Morgan fingerprint density at radius 2 is 2.11 bits per heavy atom. The number of piperidine rings is 1. The maximum Gasteiger partial charge on any atom is 0.222 e. The lowest BCUT2D eigenvalue weighted by Gasteiger charge is -2.32. The van der Waals surface area contributed by atoms with E-state index in [0.29, 0.717) is 12.3 Å². The molecule has 6 nitrogen and oxygen atoms in total. The number of hydrogen-bond acceptors (Lipinski definition) is 4. The van der Waals surface area contributed by atoms with Crippen LogP contribution in [-0.4, -0.2) is 45.8 Å². The van der Waals surface area contributed by atoms with Gasteiger partial charge in [-0.25, -0.2) is 0 Å². The van der Waals surface area contributed by atoms with Crippen LogP contribution in [0.25, 0.3) is 0 Å². The Morgan fingerprint density at radius 1 is 1.18 bits per heavy atom. The van der Waals surface area contributed by atoms with E-state index in [1.807, 2.05) is 23.1 Å². The first-order valence-corrected chi connectivity index (χ1v) is 10.6. The molecule has 2 aliphatic heterocycles. The number of ether oxygens (including phenoxy) is 1. The van der Waals surface area contributed by atoms with Gasteiger partial charge in [-0.1, -0.05) is 18.6 Å². The molecule has 28 heavy (non-hydrogen) atoms. The van der Waals surface area contributed by atoms with Crippen molar-refractivity contribution < 1.29 is 9.53 Å². The van der Waals surface area contributed by atoms with E-state index < -0.39 is 0 Å². The smallest absolute Gasteiger partial charge is 0.222 e. The number of rotatable bonds is 5. The number of aromatic nitrogens is 3. The van der Waals surface area contributed by atoms with Crippen LogP contribution in [0.2, 0.25) is 0 Å². The topological polar surface area (TPSA) is 60.2 Å². The summed E-state index contributed by atoms with van der Waals surface area (Å²) in [6, 6.07) is 7.98. The van der Waals surface area contributed by atoms with Gasteiger partial charge < -0.3 is 14.2 Å². The predicted molar refractivity (Wildman–Crippen MR) is 107 cm³/mol. The minimum absolute atomic E-state index is 0.239. The molecular weight excluding hydrogens is 352 g/mol. The normalized spacial score (nSPS) is 19.8. The van der Waals surface area contributed by atoms with E-state index in [1.165, 1.54) is 19.3 Å². The summed E-state index contributed by atoms with van der Waals surface area (Å²) in [6.45, 7) is 2.65. The average molecular weight is 383 g/mol. The Labute approximate surface area is 166 Å². The number of benzene rings is 1. The van der Waals surface area contributed by atoms with Gasteiger partial charge in [-0.3, -0.25) is 4.79 Å². The second-order valence-corrected chi connectivity index (χ2v) is 7.97. The summed E-state index contributed by atoms with van der Waals surface area (Å²) in [5.41, 5.74) is 1.14. The number of likely N-dealkylation sites (tertiary alicyclic amines) is 1. The van der Waals surface area contributed by atoms with Crippen LogP contribution in [0.1, 0.15) is 61.7 Å². The molecule has 0 bridgehead atoms. The summed E-state index contributed by atoms with van der Waals surface area (Å²) in [5.74, 6) is 3.63. The number of aryl methyl sites for hydroxylation is 2. The molecule has 150 valence electrons. The number of carbonyl (C=O) groups is 1. The lowest BCUT2D eigenvalue weighted by atomic mass is 9.96. The number of carbonyl (C=O) groups excluding carboxylic acids is 1. The van der Waals surface area contributed by atoms with Crippen LogP contribution in [0, 0.1) is 0 Å². The molecule has 0 spiro atoms. The van der Waals surface area contributed by atoms with Crippen LogP contribution in [0.3, 0.4) is 0 Å². The third-order valence-electron chi connectivity index (χ3n) is 6.04. The Hall–Kier alpha value is -2.37. The molecule has 1 aromatic carbocycles. The highest BCUT2D eigenvalue weighted by atomic mass is 16.5. The monoisotopic (exact) mass is 382 g/mol. The molecule has 2 aliphatic rings. The molecule has 4 rings (SSSR count). The van der Waals surface area contributed by atoms with Crippen LogP contribution in [0.5, 0.6) is 5.75 Å². The van der Waals surface area contributed by atoms with E-state index in [2.05, 4.69) is 20.8 Å². The molecule has 6 heteroatoms. The Morgan fingerprint density at radius 3 is 3.00 bits per heavy atom. The number of nitrogens with zero attached hydrogens (tertiary/aromatic N) is 4. The van der Waals surface area contributed by atoms with Gasteiger partial charge in [0.05, 0.1) is 7.11 Å². The van der Waals surface area contributed by atoms with E-state index in [-0.39, 0.29) is 5.91 Å². The zero-order valence-corrected chi connectivity index (χ0v) is 16.8. The quantitative estimate of drug-likeness (QED) is 0.796. The molecule has 1 atom stereocenters. The van der Waals surface area contributed by atoms with Gasteiger partial charge in [-0.2, -0.15) is 0 Å². The standard InChI is InChI=1S/C22H30N4O2/c1-28-19-9-5-7-17(15-19)11-12-21(27)25-13-6-8-18(16-25)22-24-23-20-10-3-2-4-14-26(20)22/h5,7,9,15,18H,2-4,6,8,10-14,16H2,1H3/t18-/m1/s1. The molecular formula is C22H30N4O2. The minimum Gasteiger partial charge on any atom is -0.497 e. The van der Waals surface area contributed by atoms with Gasteiger partial charge in [0.15, 0.2) is 0 Å². The Kier molecular flexibility index (Phi) is 5.93. The third kappa shape index (κ3) is 4.21. The van der Waals surface area contributed by atoms with Gasteiger partial charge in [0.25, 0.3) is 0 Å². The molecule has 1 fully saturated rings. The first kappa shape index (κ1) is 19.0. The van der Waals surface area contributed by atoms with Crippen molar-refractivity contribution in [3.8, 4) is 5.75 Å². The van der Waals surface area contributed by atoms with Crippen molar-refractivity contribution in [2.24, 2.45) is 0 Å². The predicted octanol–water partition coefficient (Wildman–Crippen LogP) is 3.35. The lowest BCUT2D eigenvalue weighted by Crippen LogP contribution is -2.40. The van der Waals surface area contributed by atoms with Crippen LogP contribution in [0.4, 0.5) is 0 Å². The molecule has 2 aromatic rings. The summed E-state index contributed by atoms with van der Waals surface area (Å²) >= 11 is 0. The van der Waals surface area contributed by atoms with Gasteiger partial charge in [-0.15, -0.1) is 10.2 Å². The highest BCUT2D eigenvalue weighted by Crippen LogP contribution is 2.28. The van der Waals surface area contributed by atoms with E-state index in [4.69, 9.17) is 4.74 Å². The van der Waals surface area contributed by atoms with Crippen molar-refractivity contribution in [2.45, 2.75) is 63.8 Å². The van der Waals surface area contributed by atoms with Gasteiger partial charge in [0, 0.05) is 38.4 Å². The molecule has 0 aliphatic carbocycles. The number of amides is 1. The Balaban J connectivity index is 1.38. The molecule has 0 saturated carbocycles. The van der Waals surface area contributed by atoms with Crippen LogP contribution in [-0.2, 0) is 24.2 Å². The summed E-state index contributed by atoms with van der Waals surface area (Å²) in [6.07, 6.45) is 8.13. The Bertz CT molecular complexity index is 817. The number of fused-ring (bicyclic) bond motifs is 1. The van der Waals surface area contributed by atoms with Crippen LogP contribution in [0.15, 0.2) is 24.3 Å². The van der Waals surface area contributed by atoms with E-state index in [1.54, 1.807) is 7.11 Å². The summed E-state index contributed by atoms with van der Waals surface area (Å²) in [5, 5.41) is 8.98. The minimum atomic E-state index is 0.239. The fraction of sp³-hybridized carbons (Fsp3) is 0.591. The highest BCUT2D eigenvalue weighted by Gasteiger charge is 2.29. The molecule has 0 N–H and O–H groups in total. The van der Waals surface area contributed by atoms with Crippen LogP contribution >= 0.6 is 0 Å². The summed E-state index contributed by atoms with van der Waals surface area (Å²) < 4.78 is 7.61. The first-order valence-electron chi connectivity index (χ1n) is 10.6. The first-order chi connectivity index (χ1) is 13.7. The van der Waals surface area contributed by atoms with Crippen molar-refractivity contribution in [2.75, 3.05) is 20.2 Å². The molecule has 1 saturated heterocycles. The lowest BCUT2D eigenvalue weighted by molar-refractivity contribution is -0.132. The highest BCUT2D eigenvalue weighted by molar-refractivity contribution is 5.76. The van der Waals surface area contributed by atoms with Crippen molar-refractivity contribution in [1.82, 2.24) is 19.7 Å². The maximum absolute atomic E-state index is 12.8. The fourth-order valence-electron chi connectivity index (χ4n) is 4.46. The SMILES string of the molecule is COc1cccc(CCC(=O)N2CCC[C@@H](c3nnc4n3CCCCC4)C2)c1. The number of methoxy groups -OCH3 is 1. The summed E-state index contributed by atoms with van der Waals surface area (Å²) in [7, 11) is 1.67. The van der Waals surface area contributed by atoms with Gasteiger partial charge in [-0.05, 0) is 49.8 Å². The zero-order chi connectivity index (χ0) is 19.3. The molecule has 0 unspecified atom stereocenters. The molecule has 3 heterocycles. The second kappa shape index (κ2) is 8.76.